The molecule has 2 aromatic heterocycles. The second-order valence-corrected chi connectivity index (χ2v) is 15.9. The van der Waals surface area contributed by atoms with Crippen LogP contribution in [0.15, 0.2) is 60.9 Å². The number of carbonyl (C=O) groups is 4. The minimum Gasteiger partial charge on any atom is -0.465 e. The first-order chi connectivity index (χ1) is 26.2. The van der Waals surface area contributed by atoms with Crippen molar-refractivity contribution in [3.8, 4) is 33.6 Å². The largest absolute Gasteiger partial charge is 0.465 e. The Morgan fingerprint density at radius 1 is 0.800 bits per heavy atom. The van der Waals surface area contributed by atoms with Gasteiger partial charge >= 0.3 is 12.2 Å². The molecule has 2 fully saturated rings. The van der Waals surface area contributed by atoms with E-state index in [9.17, 15) is 24.3 Å². The Hall–Kier alpha value is -5.66. The van der Waals surface area contributed by atoms with Crippen molar-refractivity contribution in [2.45, 2.75) is 84.5 Å². The number of hydrogen-bond donors (Lipinski definition) is 4. The summed E-state index contributed by atoms with van der Waals surface area (Å²) in [7, 11) is 2.74. The molecule has 55 heavy (non-hydrogen) atoms. The third kappa shape index (κ3) is 8.23. The zero-order chi connectivity index (χ0) is 39.6. The molecule has 2 aromatic carbocycles. The number of nitrogens with one attached hydrogen (secondary N) is 3. The highest BCUT2D eigenvalue weighted by Gasteiger charge is 2.42. The van der Waals surface area contributed by atoms with E-state index in [-0.39, 0.29) is 29.8 Å². The number of H-pyrrole nitrogens is 2. The summed E-state index contributed by atoms with van der Waals surface area (Å²) in [6.07, 6.45) is 4.99. The highest BCUT2D eigenvalue weighted by Crippen LogP contribution is 2.36. The molecule has 0 bridgehead atoms. The summed E-state index contributed by atoms with van der Waals surface area (Å²) in [6.45, 7) is 10.6. The zero-order valence-electron chi connectivity index (χ0n) is 32.6. The van der Waals surface area contributed by atoms with Crippen molar-refractivity contribution < 1.29 is 29.0 Å². The predicted molar refractivity (Wildman–Crippen MR) is 208 cm³/mol. The predicted octanol–water partition coefficient (Wildman–Crippen LogP) is 6.87. The van der Waals surface area contributed by atoms with Crippen LogP contribution >= 0.6 is 0 Å². The van der Waals surface area contributed by atoms with Gasteiger partial charge in [0.25, 0.3) is 0 Å². The van der Waals surface area contributed by atoms with E-state index in [0.29, 0.717) is 24.7 Å². The van der Waals surface area contributed by atoms with Crippen molar-refractivity contribution in [3.63, 3.8) is 0 Å². The Morgan fingerprint density at radius 3 is 1.64 bits per heavy atom. The van der Waals surface area contributed by atoms with Gasteiger partial charge in [-0.05, 0) is 59.3 Å². The fourth-order valence-corrected chi connectivity index (χ4v) is 7.80. The quantitative estimate of drug-likeness (QED) is 0.136. The second kappa shape index (κ2) is 16.0. The van der Waals surface area contributed by atoms with Crippen LogP contribution in [0.25, 0.3) is 33.6 Å². The van der Waals surface area contributed by atoms with Crippen LogP contribution in [0.5, 0.6) is 0 Å². The average Bonchev–Trinajstić information content (AvgIpc) is 3.99. The number of hydrogen-bond acceptors (Lipinski definition) is 7. The molecule has 0 spiro atoms. The second-order valence-electron chi connectivity index (χ2n) is 15.9. The van der Waals surface area contributed by atoms with Crippen LogP contribution in [-0.2, 0) is 14.3 Å². The van der Waals surface area contributed by atoms with Gasteiger partial charge in [-0.15, -0.1) is 0 Å². The van der Waals surface area contributed by atoms with Gasteiger partial charge in [-0.3, -0.25) is 14.5 Å². The highest BCUT2D eigenvalue weighted by atomic mass is 16.5. The monoisotopic (exact) mass is 752 g/mol. The number of methoxy groups -OCH3 is 1. The molecule has 14 nitrogen and oxygen atoms in total. The fourth-order valence-electron chi connectivity index (χ4n) is 7.80. The first-order valence-electron chi connectivity index (χ1n) is 18.9. The van der Waals surface area contributed by atoms with Crippen LogP contribution in [0, 0.1) is 11.3 Å². The molecule has 4 N–H and O–H groups in total. The molecule has 14 heteroatoms. The molecule has 2 aliphatic heterocycles. The molecule has 0 saturated carbocycles. The van der Waals surface area contributed by atoms with Gasteiger partial charge in [0, 0.05) is 20.1 Å². The standard InChI is InChI=1S/C41H52N8O6/c1-24(2)33(47(6)40(53)54)37(50)48-20-8-10-31(48)35-42-22-29(44-35)27-16-12-25(13-17-27)26-14-18-28(19-15-26)30-23-43-36(45-30)32-11-9-21-49(32)38(51)34(41(3,4)5)46-39(52)55-7/h12-19,22-24,31-34H,8-11,20-21H2,1-7H3,(H,42,44)(H,43,45)(H,46,52)(H,53,54)/t31-,32-,33-,34+/m0/s1. The fraction of sp³-hybridized carbons (Fsp3) is 0.463. The van der Waals surface area contributed by atoms with E-state index in [1.165, 1.54) is 14.2 Å². The number of carboxylic acid groups (broad SMARTS) is 1. The van der Waals surface area contributed by atoms with E-state index >= 15 is 0 Å². The topological polar surface area (TPSA) is 177 Å². The Bertz CT molecular complexity index is 2000. The smallest absolute Gasteiger partial charge is 0.407 e. The molecule has 4 heterocycles. The van der Waals surface area contributed by atoms with Crippen molar-refractivity contribution in [2.75, 3.05) is 27.2 Å². The first kappa shape index (κ1) is 39.0. The molecule has 2 saturated heterocycles. The molecule has 0 unspecified atom stereocenters. The minimum atomic E-state index is -1.13. The number of ether oxygens (including phenoxy) is 1. The summed E-state index contributed by atoms with van der Waals surface area (Å²) in [5.41, 5.74) is 5.19. The lowest BCUT2D eigenvalue weighted by Crippen LogP contribution is -2.54. The molecule has 292 valence electrons. The van der Waals surface area contributed by atoms with Gasteiger partial charge in [0.05, 0.1) is 43.0 Å². The van der Waals surface area contributed by atoms with Crippen LogP contribution in [0.4, 0.5) is 9.59 Å². The van der Waals surface area contributed by atoms with E-state index < -0.39 is 29.7 Å². The summed E-state index contributed by atoms with van der Waals surface area (Å²) in [4.78, 5) is 72.0. The normalized spacial score (nSPS) is 18.3. The highest BCUT2D eigenvalue weighted by molar-refractivity contribution is 5.87. The molecule has 4 amide bonds. The number of carbonyl (C=O) groups excluding carboxylic acids is 3. The summed E-state index contributed by atoms with van der Waals surface area (Å²) in [5.74, 6) is 0.882. The summed E-state index contributed by atoms with van der Waals surface area (Å²) >= 11 is 0. The van der Waals surface area contributed by atoms with E-state index in [2.05, 4.69) is 49.5 Å². The van der Waals surface area contributed by atoms with Gasteiger partial charge in [0.1, 0.15) is 23.7 Å². The van der Waals surface area contributed by atoms with Gasteiger partial charge < -0.3 is 34.9 Å². The summed E-state index contributed by atoms with van der Waals surface area (Å²) in [5, 5.41) is 12.3. The molecule has 6 rings (SSSR count). The van der Waals surface area contributed by atoms with E-state index in [0.717, 1.165) is 64.2 Å². The third-order valence-corrected chi connectivity index (χ3v) is 10.8. The van der Waals surface area contributed by atoms with Crippen LogP contribution in [0.2, 0.25) is 0 Å². The van der Waals surface area contributed by atoms with Gasteiger partial charge in [-0.1, -0.05) is 83.1 Å². The third-order valence-electron chi connectivity index (χ3n) is 10.8. The number of rotatable bonds is 10. The van der Waals surface area contributed by atoms with E-state index in [1.807, 2.05) is 63.8 Å². The van der Waals surface area contributed by atoms with Crippen LogP contribution in [-0.4, -0.2) is 103 Å². The maximum atomic E-state index is 13.7. The van der Waals surface area contributed by atoms with Crippen LogP contribution in [0.1, 0.15) is 84.0 Å². The van der Waals surface area contributed by atoms with Crippen LogP contribution < -0.4 is 5.32 Å². The van der Waals surface area contributed by atoms with Crippen molar-refractivity contribution in [1.82, 2.24) is 40.0 Å². The molecule has 0 radical (unpaired) electrons. The number of amides is 4. The molecule has 0 aliphatic carbocycles. The minimum absolute atomic E-state index is 0.156. The molecule has 4 aromatic rings. The number of likely N-dealkylation sites (tertiary alicyclic amines) is 2. The average molecular weight is 753 g/mol. The Morgan fingerprint density at radius 2 is 1.24 bits per heavy atom. The lowest BCUT2D eigenvalue weighted by atomic mass is 9.85. The molecule has 2 aliphatic rings. The number of imidazole rings is 2. The SMILES string of the molecule is COC(=O)N[C@H](C(=O)N1CCC[C@H]1c1ncc(-c2ccc(-c3ccc(-c4cnc([C@@H]5CCCN5C(=O)[C@H](C(C)C)N(C)C(=O)O)[nH]4)cc3)cc2)[nH]1)C(C)(C)C. The Kier molecular flexibility index (Phi) is 11.3. The number of nitrogens with zero attached hydrogens (tertiary/aromatic N) is 5. The molecular formula is C41H52N8O6. The van der Waals surface area contributed by atoms with E-state index in [1.54, 1.807) is 17.3 Å². The van der Waals surface area contributed by atoms with Crippen molar-refractivity contribution in [2.24, 2.45) is 11.3 Å². The molecular weight excluding hydrogens is 701 g/mol. The maximum absolute atomic E-state index is 13.7. The van der Waals surface area contributed by atoms with Gasteiger partial charge in [-0.25, -0.2) is 19.6 Å². The number of aromatic amines is 2. The lowest BCUT2D eigenvalue weighted by Gasteiger charge is -2.35. The number of benzene rings is 2. The summed E-state index contributed by atoms with van der Waals surface area (Å²) in [6, 6.07) is 14.4. The van der Waals surface area contributed by atoms with Crippen molar-refractivity contribution >= 4 is 24.0 Å². The first-order valence-corrected chi connectivity index (χ1v) is 18.9. The van der Waals surface area contributed by atoms with Gasteiger partial charge in [0.15, 0.2) is 0 Å². The lowest BCUT2D eigenvalue weighted by molar-refractivity contribution is -0.138. The Labute approximate surface area is 321 Å². The number of aromatic nitrogens is 4. The maximum Gasteiger partial charge on any atom is 0.407 e. The Balaban J connectivity index is 1.12. The number of likely N-dealkylation sites (N-methyl/N-ethyl adjacent to an activating group) is 1. The van der Waals surface area contributed by atoms with Crippen molar-refractivity contribution in [3.05, 3.63) is 72.6 Å². The van der Waals surface area contributed by atoms with Crippen molar-refractivity contribution in [1.29, 1.82) is 0 Å². The number of alkyl carbamates (subject to hydrolysis) is 1. The zero-order valence-corrected chi connectivity index (χ0v) is 32.6. The van der Waals surface area contributed by atoms with Crippen LogP contribution in [0.3, 0.4) is 0 Å². The van der Waals surface area contributed by atoms with Gasteiger partial charge in [0.2, 0.25) is 11.8 Å². The van der Waals surface area contributed by atoms with Gasteiger partial charge in [-0.2, -0.15) is 0 Å². The summed E-state index contributed by atoms with van der Waals surface area (Å²) < 4.78 is 4.79. The molecule has 4 atom stereocenters. The van der Waals surface area contributed by atoms with E-state index in [4.69, 9.17) is 4.74 Å².